The highest BCUT2D eigenvalue weighted by Gasteiger charge is 1.99. The third kappa shape index (κ3) is 42.5. The summed E-state index contributed by atoms with van der Waals surface area (Å²) in [5.41, 5.74) is 0. The Morgan fingerprint density at radius 1 is 0.436 bits per heavy atom. The minimum absolute atomic E-state index is 0.0684. The van der Waals surface area contributed by atoms with Crippen molar-refractivity contribution in [2.45, 2.75) is 180 Å². The number of unbranched alkanes of at least 4 members (excludes halogenated alkanes) is 24. The molecule has 0 aromatic carbocycles. The van der Waals surface area contributed by atoms with Crippen molar-refractivity contribution in [3.63, 3.8) is 0 Å². The summed E-state index contributed by atoms with van der Waals surface area (Å²) in [6, 6.07) is 0. The standard InChI is InChI=1S/C17H33BrO2.C16H31BrO2/c1-20-17(19)15-13-11-9-7-5-3-2-4-6-8-10-12-14-16-18;17-15-13-11-9-7-5-3-1-2-4-6-8-10-12-14-16(18)19/h2-16H2,1H3;1-15H2,(H,18,19). The second-order valence-corrected chi connectivity index (χ2v) is 12.6. The van der Waals surface area contributed by atoms with Gasteiger partial charge < -0.3 is 9.84 Å². The van der Waals surface area contributed by atoms with Crippen LogP contribution in [0.3, 0.4) is 0 Å². The Morgan fingerprint density at radius 2 is 0.667 bits per heavy atom. The molecule has 0 unspecified atom stereocenters. The van der Waals surface area contributed by atoms with E-state index in [0.29, 0.717) is 12.8 Å². The molecule has 0 aliphatic rings. The SMILES string of the molecule is COC(=O)CCCCCCCCCCCCCCCBr.O=C(O)CCCCCCCCCCCCCCCBr. The molecule has 0 fully saturated rings. The van der Waals surface area contributed by atoms with Crippen molar-refractivity contribution in [1.29, 1.82) is 0 Å². The van der Waals surface area contributed by atoms with Crippen LogP contribution in [0, 0.1) is 0 Å². The summed E-state index contributed by atoms with van der Waals surface area (Å²) in [6.07, 6.45) is 35.0. The maximum absolute atomic E-state index is 10.9. The van der Waals surface area contributed by atoms with Gasteiger partial charge in [0.1, 0.15) is 0 Å². The van der Waals surface area contributed by atoms with E-state index in [4.69, 9.17) is 5.11 Å². The van der Waals surface area contributed by atoms with Gasteiger partial charge in [0, 0.05) is 23.5 Å². The highest BCUT2D eigenvalue weighted by Crippen LogP contribution is 2.14. The van der Waals surface area contributed by atoms with Crippen molar-refractivity contribution in [2.24, 2.45) is 0 Å². The van der Waals surface area contributed by atoms with Crippen LogP contribution in [0.1, 0.15) is 180 Å². The van der Waals surface area contributed by atoms with E-state index in [1.807, 2.05) is 0 Å². The fraction of sp³-hybridized carbons (Fsp3) is 0.939. The minimum atomic E-state index is -0.656. The van der Waals surface area contributed by atoms with E-state index in [1.165, 1.54) is 155 Å². The molecule has 0 rings (SSSR count). The molecule has 234 valence electrons. The van der Waals surface area contributed by atoms with E-state index >= 15 is 0 Å². The Bertz CT molecular complexity index is 488. The Balaban J connectivity index is 0. The second-order valence-electron chi connectivity index (χ2n) is 11.0. The van der Waals surface area contributed by atoms with Gasteiger partial charge in [0.05, 0.1) is 7.11 Å². The minimum Gasteiger partial charge on any atom is -0.481 e. The van der Waals surface area contributed by atoms with Crippen LogP contribution in [-0.2, 0) is 14.3 Å². The fourth-order valence-electron chi connectivity index (χ4n) is 4.73. The second kappa shape index (κ2) is 37.9. The number of methoxy groups -OCH3 is 1. The van der Waals surface area contributed by atoms with Gasteiger partial charge in [-0.3, -0.25) is 9.59 Å². The van der Waals surface area contributed by atoms with Gasteiger partial charge in [-0.25, -0.2) is 0 Å². The van der Waals surface area contributed by atoms with Gasteiger partial charge >= 0.3 is 11.9 Å². The zero-order chi connectivity index (χ0) is 29.1. The Morgan fingerprint density at radius 3 is 0.897 bits per heavy atom. The van der Waals surface area contributed by atoms with E-state index in [-0.39, 0.29) is 5.97 Å². The lowest BCUT2D eigenvalue weighted by Crippen LogP contribution is -1.99. The van der Waals surface area contributed by atoms with Crippen LogP contribution >= 0.6 is 31.9 Å². The molecule has 39 heavy (non-hydrogen) atoms. The molecule has 4 nitrogen and oxygen atoms in total. The van der Waals surface area contributed by atoms with Gasteiger partial charge in [0.15, 0.2) is 0 Å². The number of aliphatic carboxylic acids is 1. The zero-order valence-electron chi connectivity index (χ0n) is 25.6. The van der Waals surface area contributed by atoms with Crippen LogP contribution in [0.5, 0.6) is 0 Å². The molecular weight excluding hydrogens is 620 g/mol. The van der Waals surface area contributed by atoms with Gasteiger partial charge in [-0.1, -0.05) is 173 Å². The number of carbonyl (C=O) groups excluding carboxylic acids is 1. The molecule has 0 aliphatic carbocycles. The molecule has 0 aliphatic heterocycles. The first kappa shape index (κ1) is 41.0. The third-order valence-corrected chi connectivity index (χ3v) is 8.39. The van der Waals surface area contributed by atoms with Gasteiger partial charge in [-0.2, -0.15) is 0 Å². The lowest BCUT2D eigenvalue weighted by molar-refractivity contribution is -0.141. The monoisotopic (exact) mass is 682 g/mol. The number of rotatable bonds is 30. The fourth-order valence-corrected chi connectivity index (χ4v) is 5.52. The average Bonchev–Trinajstić information content (AvgIpc) is 2.93. The maximum Gasteiger partial charge on any atom is 0.305 e. The largest absolute Gasteiger partial charge is 0.481 e. The zero-order valence-corrected chi connectivity index (χ0v) is 28.8. The number of hydrogen-bond donors (Lipinski definition) is 1. The Hall–Kier alpha value is -0.100. The lowest BCUT2D eigenvalue weighted by Gasteiger charge is -2.03. The smallest absolute Gasteiger partial charge is 0.305 e. The maximum atomic E-state index is 10.9. The summed E-state index contributed by atoms with van der Waals surface area (Å²) in [6.45, 7) is 0. The number of carbonyl (C=O) groups is 2. The third-order valence-electron chi connectivity index (χ3n) is 7.27. The molecule has 0 radical (unpaired) electrons. The molecular formula is C33H64Br2O4. The molecule has 0 heterocycles. The van der Waals surface area contributed by atoms with E-state index in [1.54, 1.807) is 0 Å². The van der Waals surface area contributed by atoms with Crippen molar-refractivity contribution in [3.05, 3.63) is 0 Å². The van der Waals surface area contributed by atoms with Crippen LogP contribution in [0.2, 0.25) is 0 Å². The van der Waals surface area contributed by atoms with Crippen molar-refractivity contribution < 1.29 is 19.4 Å². The molecule has 0 saturated heterocycles. The summed E-state index contributed by atoms with van der Waals surface area (Å²) in [4.78, 5) is 21.2. The van der Waals surface area contributed by atoms with Crippen molar-refractivity contribution in [2.75, 3.05) is 17.8 Å². The summed E-state index contributed by atoms with van der Waals surface area (Å²) in [5, 5.41) is 10.8. The van der Waals surface area contributed by atoms with Gasteiger partial charge in [-0.05, 0) is 25.7 Å². The van der Waals surface area contributed by atoms with Gasteiger partial charge in [-0.15, -0.1) is 0 Å². The summed E-state index contributed by atoms with van der Waals surface area (Å²) < 4.78 is 4.62. The first-order valence-electron chi connectivity index (χ1n) is 16.5. The van der Waals surface area contributed by atoms with Gasteiger partial charge in [0.2, 0.25) is 0 Å². The van der Waals surface area contributed by atoms with Crippen molar-refractivity contribution in [3.8, 4) is 0 Å². The first-order valence-corrected chi connectivity index (χ1v) is 18.7. The quantitative estimate of drug-likeness (QED) is 0.0465. The number of hydrogen-bond acceptors (Lipinski definition) is 3. The summed E-state index contributed by atoms with van der Waals surface area (Å²) in [7, 11) is 1.46. The molecule has 1 N–H and O–H groups in total. The number of esters is 1. The number of ether oxygens (including phenoxy) is 1. The van der Waals surface area contributed by atoms with Crippen LogP contribution < -0.4 is 0 Å². The molecule has 0 aromatic rings. The van der Waals surface area contributed by atoms with Crippen LogP contribution in [0.4, 0.5) is 0 Å². The molecule has 0 aromatic heterocycles. The number of halogens is 2. The predicted octanol–water partition coefficient (Wildman–Crippen LogP) is 11.9. The van der Waals surface area contributed by atoms with Crippen molar-refractivity contribution in [1.82, 2.24) is 0 Å². The molecule has 6 heteroatoms. The van der Waals surface area contributed by atoms with Crippen LogP contribution in [0.15, 0.2) is 0 Å². The molecule has 0 amide bonds. The van der Waals surface area contributed by atoms with E-state index in [9.17, 15) is 9.59 Å². The number of carboxylic acids is 1. The topological polar surface area (TPSA) is 63.6 Å². The Labute approximate surface area is 259 Å². The average molecular weight is 685 g/mol. The van der Waals surface area contributed by atoms with Crippen LogP contribution in [0.25, 0.3) is 0 Å². The normalized spacial score (nSPS) is 10.7. The Kier molecular flexibility index (Phi) is 39.9. The summed E-state index contributed by atoms with van der Waals surface area (Å²) >= 11 is 6.93. The molecule has 0 atom stereocenters. The predicted molar refractivity (Wildman–Crippen MR) is 177 cm³/mol. The molecule has 0 saturated carbocycles. The highest BCUT2D eigenvalue weighted by molar-refractivity contribution is 9.09. The number of alkyl halides is 2. The first-order chi connectivity index (χ1) is 19.1. The molecule has 0 spiro atoms. The highest BCUT2D eigenvalue weighted by atomic mass is 79.9. The molecule has 0 bridgehead atoms. The van der Waals surface area contributed by atoms with E-state index in [0.717, 1.165) is 29.9 Å². The lowest BCUT2D eigenvalue weighted by atomic mass is 10.0. The van der Waals surface area contributed by atoms with E-state index in [2.05, 4.69) is 36.6 Å². The van der Waals surface area contributed by atoms with Gasteiger partial charge in [0.25, 0.3) is 0 Å². The van der Waals surface area contributed by atoms with E-state index < -0.39 is 5.97 Å². The number of carboxylic acid groups (broad SMARTS) is 1. The summed E-state index contributed by atoms with van der Waals surface area (Å²) in [5.74, 6) is -0.725. The van der Waals surface area contributed by atoms with Crippen molar-refractivity contribution >= 4 is 43.8 Å². The van der Waals surface area contributed by atoms with Crippen LogP contribution in [-0.4, -0.2) is 34.8 Å².